The largest absolute Gasteiger partial charge is 0.451 e. The van der Waals surface area contributed by atoms with Gasteiger partial charge in [0.2, 0.25) is 0 Å². The summed E-state index contributed by atoms with van der Waals surface area (Å²) in [4.78, 5) is 28.2. The van der Waals surface area contributed by atoms with Crippen molar-refractivity contribution in [3.63, 3.8) is 0 Å². The summed E-state index contributed by atoms with van der Waals surface area (Å²) in [6.07, 6.45) is 2.14. The fraction of sp³-hybridized carbons (Fsp3) is 0.190. The molecule has 1 aromatic carbocycles. The zero-order chi connectivity index (χ0) is 19.9. The Morgan fingerprint density at radius 3 is 2.54 bits per heavy atom. The lowest BCUT2D eigenvalue weighted by Crippen LogP contribution is -2.29. The van der Waals surface area contributed by atoms with Crippen LogP contribution in [0, 0.1) is 6.92 Å². The monoisotopic (exact) mass is 397 g/mol. The molecule has 0 spiro atoms. The molecular weight excluding hydrogens is 378 g/mol. The van der Waals surface area contributed by atoms with Gasteiger partial charge in [0.1, 0.15) is 5.76 Å². The Kier molecular flexibility index (Phi) is 6.45. The van der Waals surface area contributed by atoms with Gasteiger partial charge < -0.3 is 15.1 Å². The molecule has 6 nitrogen and oxygen atoms in total. The highest BCUT2D eigenvalue weighted by Gasteiger charge is 2.12. The molecule has 0 aliphatic heterocycles. The van der Waals surface area contributed by atoms with E-state index in [4.69, 9.17) is 16.0 Å². The van der Waals surface area contributed by atoms with E-state index in [0.29, 0.717) is 35.9 Å². The van der Waals surface area contributed by atoms with E-state index < -0.39 is 0 Å². The van der Waals surface area contributed by atoms with Gasteiger partial charge in [0.15, 0.2) is 5.76 Å². The van der Waals surface area contributed by atoms with Crippen molar-refractivity contribution in [1.82, 2.24) is 15.6 Å². The van der Waals surface area contributed by atoms with Crippen molar-refractivity contribution in [2.24, 2.45) is 0 Å². The van der Waals surface area contributed by atoms with Gasteiger partial charge in [-0.15, -0.1) is 0 Å². The standard InChI is InChI=1S/C21H20ClN3O3/c1-14-6-7-16(13-25-14)20(26)23-10-3-11-24-21(27)19-9-8-18(28-19)15-4-2-5-17(22)12-15/h2,4-9,12-13H,3,10-11H2,1H3,(H,23,26)(H,24,27). The number of aryl methyl sites for hydroxylation is 1. The van der Waals surface area contributed by atoms with Crippen molar-refractivity contribution in [3.05, 3.63) is 76.8 Å². The van der Waals surface area contributed by atoms with E-state index >= 15 is 0 Å². The predicted octanol–water partition coefficient (Wildman–Crippen LogP) is 3.85. The second kappa shape index (κ2) is 9.19. The quantitative estimate of drug-likeness (QED) is 0.593. The number of nitrogens with one attached hydrogen (secondary N) is 2. The molecule has 0 saturated heterocycles. The number of carbonyl (C=O) groups excluding carboxylic acids is 2. The molecule has 2 amide bonds. The third-order valence-electron chi connectivity index (χ3n) is 4.04. The number of pyridine rings is 1. The number of carbonyl (C=O) groups is 2. The lowest BCUT2D eigenvalue weighted by atomic mass is 10.2. The molecule has 0 aliphatic carbocycles. The molecule has 2 N–H and O–H groups in total. The topological polar surface area (TPSA) is 84.2 Å². The molecule has 2 aromatic heterocycles. The zero-order valence-corrected chi connectivity index (χ0v) is 16.1. The summed E-state index contributed by atoms with van der Waals surface area (Å²) in [5, 5.41) is 6.17. The molecule has 0 radical (unpaired) electrons. The maximum absolute atomic E-state index is 12.2. The second-order valence-electron chi connectivity index (χ2n) is 6.23. The summed E-state index contributed by atoms with van der Waals surface area (Å²) in [5.74, 6) is 0.315. The smallest absolute Gasteiger partial charge is 0.287 e. The fourth-order valence-corrected chi connectivity index (χ4v) is 2.73. The number of halogens is 1. The van der Waals surface area contributed by atoms with Gasteiger partial charge >= 0.3 is 0 Å². The summed E-state index contributed by atoms with van der Waals surface area (Å²) in [7, 11) is 0. The van der Waals surface area contributed by atoms with E-state index in [1.165, 1.54) is 0 Å². The molecule has 3 rings (SSSR count). The molecule has 0 saturated carbocycles. The predicted molar refractivity (Wildman–Crippen MR) is 107 cm³/mol. The van der Waals surface area contributed by atoms with Crippen LogP contribution in [0.1, 0.15) is 33.0 Å². The normalized spacial score (nSPS) is 10.5. The number of aromatic nitrogens is 1. The van der Waals surface area contributed by atoms with Crippen molar-refractivity contribution in [3.8, 4) is 11.3 Å². The van der Waals surface area contributed by atoms with Crippen LogP contribution in [0.5, 0.6) is 0 Å². The van der Waals surface area contributed by atoms with E-state index in [2.05, 4.69) is 15.6 Å². The van der Waals surface area contributed by atoms with Crippen molar-refractivity contribution in [2.45, 2.75) is 13.3 Å². The first-order chi connectivity index (χ1) is 13.5. The van der Waals surface area contributed by atoms with Crippen LogP contribution in [-0.2, 0) is 0 Å². The van der Waals surface area contributed by atoms with Crippen LogP contribution >= 0.6 is 11.6 Å². The minimum Gasteiger partial charge on any atom is -0.451 e. The van der Waals surface area contributed by atoms with Crippen LogP contribution in [0.15, 0.2) is 59.1 Å². The fourth-order valence-electron chi connectivity index (χ4n) is 2.54. The Labute approximate surface area is 167 Å². The van der Waals surface area contributed by atoms with Crippen LogP contribution in [-0.4, -0.2) is 29.9 Å². The minimum atomic E-state index is -0.303. The van der Waals surface area contributed by atoms with Crippen LogP contribution in [0.4, 0.5) is 0 Å². The van der Waals surface area contributed by atoms with Gasteiger partial charge in [-0.25, -0.2) is 0 Å². The van der Waals surface area contributed by atoms with Crippen LogP contribution < -0.4 is 10.6 Å². The van der Waals surface area contributed by atoms with Gasteiger partial charge in [0.25, 0.3) is 11.8 Å². The Morgan fingerprint density at radius 1 is 1.04 bits per heavy atom. The van der Waals surface area contributed by atoms with Crippen LogP contribution in [0.2, 0.25) is 5.02 Å². The van der Waals surface area contributed by atoms with Gasteiger partial charge in [-0.3, -0.25) is 14.6 Å². The number of amides is 2. The first-order valence-corrected chi connectivity index (χ1v) is 9.25. The summed E-state index contributed by atoms with van der Waals surface area (Å²) >= 11 is 5.98. The van der Waals surface area contributed by atoms with E-state index in [1.54, 1.807) is 42.6 Å². The molecule has 7 heteroatoms. The SMILES string of the molecule is Cc1ccc(C(=O)NCCCNC(=O)c2ccc(-c3cccc(Cl)c3)o2)cn1. The second-order valence-corrected chi connectivity index (χ2v) is 6.66. The van der Waals surface area contributed by atoms with Crippen LogP contribution in [0.3, 0.4) is 0 Å². The number of rotatable bonds is 7. The molecule has 0 aliphatic rings. The number of hydrogen-bond acceptors (Lipinski definition) is 4. The number of hydrogen-bond donors (Lipinski definition) is 2. The molecular formula is C21H20ClN3O3. The minimum absolute atomic E-state index is 0.184. The van der Waals surface area contributed by atoms with Gasteiger partial charge in [-0.2, -0.15) is 0 Å². The number of furan rings is 1. The highest BCUT2D eigenvalue weighted by atomic mass is 35.5. The highest BCUT2D eigenvalue weighted by Crippen LogP contribution is 2.24. The first kappa shape index (κ1) is 19.6. The van der Waals surface area contributed by atoms with E-state index in [-0.39, 0.29) is 17.6 Å². The average Bonchev–Trinajstić information content (AvgIpc) is 3.18. The maximum Gasteiger partial charge on any atom is 0.287 e. The lowest BCUT2D eigenvalue weighted by molar-refractivity contribution is 0.0926. The van der Waals surface area contributed by atoms with Crippen molar-refractivity contribution < 1.29 is 14.0 Å². The maximum atomic E-state index is 12.2. The third kappa shape index (κ3) is 5.20. The molecule has 28 heavy (non-hydrogen) atoms. The Balaban J connectivity index is 1.42. The highest BCUT2D eigenvalue weighted by molar-refractivity contribution is 6.30. The summed E-state index contributed by atoms with van der Waals surface area (Å²) in [6, 6.07) is 14.1. The molecule has 3 aromatic rings. The van der Waals surface area contributed by atoms with Crippen molar-refractivity contribution >= 4 is 23.4 Å². The molecule has 0 atom stereocenters. The zero-order valence-electron chi connectivity index (χ0n) is 15.4. The van der Waals surface area contributed by atoms with E-state index in [9.17, 15) is 9.59 Å². The number of nitrogens with zero attached hydrogens (tertiary/aromatic N) is 1. The first-order valence-electron chi connectivity index (χ1n) is 8.88. The molecule has 0 fully saturated rings. The molecule has 0 bridgehead atoms. The van der Waals surface area contributed by atoms with E-state index in [1.807, 2.05) is 19.1 Å². The Morgan fingerprint density at radius 2 is 1.82 bits per heavy atom. The summed E-state index contributed by atoms with van der Waals surface area (Å²) in [5.41, 5.74) is 2.18. The van der Waals surface area contributed by atoms with Crippen molar-refractivity contribution in [1.29, 1.82) is 0 Å². The average molecular weight is 398 g/mol. The Hall–Kier alpha value is -3.12. The van der Waals surface area contributed by atoms with Gasteiger partial charge in [0, 0.05) is 35.6 Å². The molecule has 2 heterocycles. The number of benzene rings is 1. The van der Waals surface area contributed by atoms with Gasteiger partial charge in [-0.05, 0) is 49.7 Å². The molecule has 0 unspecified atom stereocenters. The van der Waals surface area contributed by atoms with Gasteiger partial charge in [0.05, 0.1) is 5.56 Å². The van der Waals surface area contributed by atoms with Crippen LogP contribution in [0.25, 0.3) is 11.3 Å². The van der Waals surface area contributed by atoms with Gasteiger partial charge in [-0.1, -0.05) is 23.7 Å². The van der Waals surface area contributed by atoms with Crippen molar-refractivity contribution in [2.75, 3.05) is 13.1 Å². The Bertz CT molecular complexity index is 967. The lowest BCUT2D eigenvalue weighted by Gasteiger charge is -2.06. The molecule has 144 valence electrons. The van der Waals surface area contributed by atoms with E-state index in [0.717, 1.165) is 11.3 Å². The summed E-state index contributed by atoms with van der Waals surface area (Å²) in [6.45, 7) is 2.72. The third-order valence-corrected chi connectivity index (χ3v) is 4.27. The summed E-state index contributed by atoms with van der Waals surface area (Å²) < 4.78 is 5.60.